The number of hydrogen-bond acceptors (Lipinski definition) is 6. The first-order chi connectivity index (χ1) is 13.9. The summed E-state index contributed by atoms with van der Waals surface area (Å²) in [6, 6.07) is 13.8. The first-order valence-corrected chi connectivity index (χ1v) is 10.6. The van der Waals surface area contributed by atoms with Gasteiger partial charge in [-0.15, -0.1) is 0 Å². The molecule has 4 rings (SSSR count). The van der Waals surface area contributed by atoms with Crippen molar-refractivity contribution in [2.75, 3.05) is 11.9 Å². The average Bonchev–Trinajstić information content (AvgIpc) is 3.13. The van der Waals surface area contributed by atoms with Crippen molar-refractivity contribution in [3.63, 3.8) is 0 Å². The maximum Gasteiger partial charge on any atom is 0.238 e. The van der Waals surface area contributed by atoms with Crippen LogP contribution in [-0.4, -0.2) is 34.7 Å². The van der Waals surface area contributed by atoms with Gasteiger partial charge in [-0.3, -0.25) is 0 Å². The molecular weight excluding hydrogens is 412 g/mol. The van der Waals surface area contributed by atoms with Gasteiger partial charge in [-0.05, 0) is 48.4 Å². The quantitative estimate of drug-likeness (QED) is 0.487. The van der Waals surface area contributed by atoms with Crippen molar-refractivity contribution in [1.29, 1.82) is 0 Å². The summed E-state index contributed by atoms with van der Waals surface area (Å²) in [5.74, 6) is 0.677. The Morgan fingerprint density at radius 3 is 2.45 bits per heavy atom. The van der Waals surface area contributed by atoms with Crippen LogP contribution in [0.2, 0.25) is 5.02 Å². The molecule has 2 aromatic heterocycles. The van der Waals surface area contributed by atoms with E-state index < -0.39 is 10.0 Å². The minimum absolute atomic E-state index is 0.0985. The van der Waals surface area contributed by atoms with Gasteiger partial charge in [0.15, 0.2) is 5.65 Å². The number of hydrogen-bond donors (Lipinski definition) is 2. The Hall–Kier alpha value is -3.01. The summed E-state index contributed by atoms with van der Waals surface area (Å²) in [5, 5.41) is 14.3. The lowest BCUT2D eigenvalue weighted by molar-refractivity contribution is 0.598. The van der Waals surface area contributed by atoms with Crippen molar-refractivity contribution in [1.82, 2.24) is 19.7 Å². The molecule has 0 amide bonds. The van der Waals surface area contributed by atoms with Gasteiger partial charge in [-0.2, -0.15) is 5.10 Å². The van der Waals surface area contributed by atoms with E-state index in [0.717, 1.165) is 16.6 Å². The summed E-state index contributed by atoms with van der Waals surface area (Å²) in [5.41, 5.74) is 2.51. The third-order valence-corrected chi connectivity index (χ3v) is 5.58. The van der Waals surface area contributed by atoms with Gasteiger partial charge in [0, 0.05) is 11.6 Å². The smallest absolute Gasteiger partial charge is 0.238 e. The van der Waals surface area contributed by atoms with E-state index in [1.165, 1.54) is 18.5 Å². The Labute approximate surface area is 172 Å². The molecule has 2 aromatic carbocycles. The average molecular weight is 429 g/mol. The number of benzene rings is 2. The highest BCUT2D eigenvalue weighted by atomic mass is 35.5. The summed E-state index contributed by atoms with van der Waals surface area (Å²) in [4.78, 5) is 8.76. The number of fused-ring (bicyclic) bond motifs is 1. The predicted molar refractivity (Wildman–Crippen MR) is 112 cm³/mol. The van der Waals surface area contributed by atoms with E-state index in [-0.39, 0.29) is 4.90 Å². The number of nitrogens with one attached hydrogen (secondary N) is 1. The van der Waals surface area contributed by atoms with Crippen LogP contribution in [0, 0.1) is 0 Å². The Kier molecular flexibility index (Phi) is 5.18. The number of aromatic nitrogens is 4. The summed E-state index contributed by atoms with van der Waals surface area (Å²) in [7, 11) is -3.68. The topological polar surface area (TPSA) is 116 Å². The van der Waals surface area contributed by atoms with Crippen LogP contribution in [-0.2, 0) is 16.4 Å². The lowest BCUT2D eigenvalue weighted by Crippen LogP contribution is -2.12. The molecule has 0 fully saturated rings. The van der Waals surface area contributed by atoms with E-state index in [0.29, 0.717) is 29.5 Å². The first kappa shape index (κ1) is 19.3. The van der Waals surface area contributed by atoms with Crippen LogP contribution in [0.5, 0.6) is 0 Å². The van der Waals surface area contributed by atoms with Gasteiger partial charge in [0.1, 0.15) is 12.1 Å². The number of anilines is 1. The number of rotatable bonds is 6. The second kappa shape index (κ2) is 7.78. The lowest BCUT2D eigenvalue weighted by Gasteiger charge is -2.08. The second-order valence-electron chi connectivity index (χ2n) is 6.36. The zero-order valence-electron chi connectivity index (χ0n) is 15.2. The molecule has 0 saturated carbocycles. The molecule has 29 heavy (non-hydrogen) atoms. The van der Waals surface area contributed by atoms with Crippen molar-refractivity contribution < 1.29 is 8.42 Å². The third-order valence-electron chi connectivity index (χ3n) is 4.40. The second-order valence-corrected chi connectivity index (χ2v) is 8.36. The first-order valence-electron chi connectivity index (χ1n) is 8.72. The monoisotopic (exact) mass is 428 g/mol. The van der Waals surface area contributed by atoms with Gasteiger partial charge in [-0.1, -0.05) is 23.7 Å². The SMILES string of the molecule is NS(=O)(=O)c1ccc(CCNc2ncnc3c2cnn3-c2ccc(Cl)cc2)cc1. The van der Waals surface area contributed by atoms with Gasteiger partial charge in [0.05, 0.1) is 22.2 Å². The molecule has 2 heterocycles. The van der Waals surface area contributed by atoms with Crippen molar-refractivity contribution >= 4 is 38.5 Å². The number of primary sulfonamides is 1. The van der Waals surface area contributed by atoms with Crippen molar-refractivity contribution in [2.45, 2.75) is 11.3 Å². The van der Waals surface area contributed by atoms with Crippen molar-refractivity contribution in [3.8, 4) is 5.69 Å². The van der Waals surface area contributed by atoms with E-state index in [1.54, 1.807) is 35.1 Å². The van der Waals surface area contributed by atoms with E-state index in [1.807, 2.05) is 12.1 Å². The van der Waals surface area contributed by atoms with E-state index in [9.17, 15) is 8.42 Å². The number of nitrogens with two attached hydrogens (primary N) is 1. The fraction of sp³-hybridized carbons (Fsp3) is 0.105. The molecule has 0 spiro atoms. The molecule has 0 atom stereocenters. The zero-order chi connectivity index (χ0) is 20.4. The molecule has 0 aliphatic rings. The highest BCUT2D eigenvalue weighted by Crippen LogP contribution is 2.22. The van der Waals surface area contributed by atoms with Gasteiger partial charge in [-0.25, -0.2) is 28.2 Å². The minimum atomic E-state index is -3.68. The van der Waals surface area contributed by atoms with Crippen LogP contribution in [0.15, 0.2) is 66.0 Å². The molecule has 3 N–H and O–H groups in total. The van der Waals surface area contributed by atoms with E-state index in [2.05, 4.69) is 20.4 Å². The lowest BCUT2D eigenvalue weighted by atomic mass is 10.1. The maximum absolute atomic E-state index is 11.3. The van der Waals surface area contributed by atoms with Crippen LogP contribution in [0.4, 0.5) is 5.82 Å². The molecule has 0 aliphatic carbocycles. The van der Waals surface area contributed by atoms with Crippen LogP contribution in [0.3, 0.4) is 0 Å². The van der Waals surface area contributed by atoms with Crippen LogP contribution >= 0.6 is 11.6 Å². The zero-order valence-corrected chi connectivity index (χ0v) is 16.7. The number of nitrogens with zero attached hydrogens (tertiary/aromatic N) is 4. The largest absolute Gasteiger partial charge is 0.369 e. The van der Waals surface area contributed by atoms with Crippen molar-refractivity contribution in [3.05, 3.63) is 71.6 Å². The molecule has 0 unspecified atom stereocenters. The summed E-state index contributed by atoms with van der Waals surface area (Å²) in [6.45, 7) is 0.604. The molecule has 4 aromatic rings. The summed E-state index contributed by atoms with van der Waals surface area (Å²) < 4.78 is 24.4. The molecular formula is C19H17ClN6O2S. The summed E-state index contributed by atoms with van der Waals surface area (Å²) >= 11 is 5.95. The molecule has 0 aliphatic heterocycles. The predicted octanol–water partition coefficient (Wildman–Crippen LogP) is 2.77. The van der Waals surface area contributed by atoms with Gasteiger partial charge >= 0.3 is 0 Å². The molecule has 0 bridgehead atoms. The van der Waals surface area contributed by atoms with E-state index >= 15 is 0 Å². The fourth-order valence-electron chi connectivity index (χ4n) is 2.93. The van der Waals surface area contributed by atoms with Gasteiger partial charge in [0.25, 0.3) is 0 Å². The normalized spacial score (nSPS) is 11.7. The Bertz CT molecular complexity index is 1250. The standard InChI is InChI=1S/C19H17ClN6O2S/c20-14-3-5-15(6-4-14)26-19-17(11-25-26)18(23-12-24-19)22-10-9-13-1-7-16(8-2-13)29(21,27)28/h1-8,11-12H,9-10H2,(H2,21,27,28)(H,22,23,24). The molecule has 0 radical (unpaired) electrons. The molecule has 8 nitrogen and oxygen atoms in total. The molecule has 148 valence electrons. The molecule has 0 saturated heterocycles. The Morgan fingerprint density at radius 1 is 1.03 bits per heavy atom. The third kappa shape index (κ3) is 4.21. The maximum atomic E-state index is 11.3. The summed E-state index contributed by atoms with van der Waals surface area (Å²) in [6.07, 6.45) is 3.88. The molecule has 10 heteroatoms. The van der Waals surface area contributed by atoms with Crippen LogP contribution < -0.4 is 10.5 Å². The Balaban J connectivity index is 1.49. The fourth-order valence-corrected chi connectivity index (χ4v) is 3.57. The van der Waals surface area contributed by atoms with E-state index in [4.69, 9.17) is 16.7 Å². The van der Waals surface area contributed by atoms with Crippen molar-refractivity contribution in [2.24, 2.45) is 5.14 Å². The highest BCUT2D eigenvalue weighted by Gasteiger charge is 2.11. The number of sulfonamides is 1. The van der Waals surface area contributed by atoms with Crippen LogP contribution in [0.1, 0.15) is 5.56 Å². The van der Waals surface area contributed by atoms with Gasteiger partial charge in [0.2, 0.25) is 10.0 Å². The van der Waals surface area contributed by atoms with Gasteiger partial charge < -0.3 is 5.32 Å². The highest BCUT2D eigenvalue weighted by molar-refractivity contribution is 7.89. The number of halogens is 1. The Morgan fingerprint density at radius 2 is 1.76 bits per heavy atom. The minimum Gasteiger partial charge on any atom is -0.369 e. The van der Waals surface area contributed by atoms with Crippen LogP contribution in [0.25, 0.3) is 16.7 Å².